The number of nitrogens with two attached hydrogens (primary N) is 1. The minimum Gasteiger partial charge on any atom is -0.397 e. The second-order valence-corrected chi connectivity index (χ2v) is 18.4. The number of fused-ring (bicyclic) bond motifs is 1. The highest BCUT2D eigenvalue weighted by molar-refractivity contribution is 7.88. The maximum Gasteiger partial charge on any atom is 0.274 e. The van der Waals surface area contributed by atoms with Gasteiger partial charge in [-0.15, -0.1) is 0 Å². The van der Waals surface area contributed by atoms with Crippen molar-refractivity contribution in [1.29, 1.82) is 10.5 Å². The van der Waals surface area contributed by atoms with Crippen LogP contribution in [0.1, 0.15) is 139 Å². The number of hydrogen-bond donors (Lipinski definition) is 4. The van der Waals surface area contributed by atoms with E-state index in [-0.39, 0.29) is 24.5 Å². The molecule has 3 heterocycles. The summed E-state index contributed by atoms with van der Waals surface area (Å²) in [4.78, 5) is 11.1. The monoisotopic (exact) mass is 829 g/mol. The van der Waals surface area contributed by atoms with E-state index in [4.69, 9.17) is 24.3 Å². The standard InChI is InChI=1S/C42H62FN5O7P2/c1-2-3-4-5-6-7-8-9-10-11-12-13-14-15-16-17-18-19-35(52-28-33-24-32(27-44)25-34(43)26-33)29-53-57(51,56)54-30-38-40(49)41(50)42(31-45,55-38)39-21-20-37-36(46)22-23-47-48(37)39/h20-26,35,38,40-41,49-51,56H,2-19,28-30,46H2,1H3/t35-,38-,40-,41-,42+,57?/m1/s1. The molecule has 4 rings (SSSR count). The van der Waals surface area contributed by atoms with Crippen molar-refractivity contribution in [3.05, 3.63) is 65.2 Å². The highest BCUT2D eigenvalue weighted by Crippen LogP contribution is 2.51. The molecule has 12 nitrogen and oxygen atoms in total. The third-order valence-electron chi connectivity index (χ3n) is 10.6. The van der Waals surface area contributed by atoms with Crippen LogP contribution in [0.25, 0.3) is 5.52 Å². The molecule has 1 saturated heterocycles. The van der Waals surface area contributed by atoms with Crippen molar-refractivity contribution in [2.24, 2.45) is 0 Å². The number of hydrogen-bond acceptors (Lipinski definition) is 10. The minimum absolute atomic E-state index is 0.0318. The smallest absolute Gasteiger partial charge is 0.274 e. The first-order chi connectivity index (χ1) is 27.5. The summed E-state index contributed by atoms with van der Waals surface area (Å²) in [6.45, 7) is 1.78. The zero-order valence-corrected chi connectivity index (χ0v) is 35.3. The third-order valence-corrected chi connectivity index (χ3v) is 12.4. The van der Waals surface area contributed by atoms with Gasteiger partial charge in [-0.25, -0.2) is 8.91 Å². The number of aliphatic hydroxyl groups is 2. The van der Waals surface area contributed by atoms with Gasteiger partial charge in [-0.05, 0) is 56.9 Å². The van der Waals surface area contributed by atoms with E-state index in [1.807, 2.05) is 12.1 Å². The number of halogens is 1. The van der Waals surface area contributed by atoms with Crippen molar-refractivity contribution >= 4 is 27.0 Å². The molecule has 15 heteroatoms. The molecular formula is C42H62FN5O7P2. The van der Waals surface area contributed by atoms with Crippen LogP contribution >= 0.6 is 15.8 Å². The van der Waals surface area contributed by atoms with E-state index in [0.29, 0.717) is 23.2 Å². The van der Waals surface area contributed by atoms with Crippen molar-refractivity contribution in [1.82, 2.24) is 9.61 Å². The lowest BCUT2D eigenvalue weighted by atomic mass is 9.92. The number of aromatic nitrogens is 2. The van der Waals surface area contributed by atoms with E-state index >= 15 is 0 Å². The number of nitrogens with zero attached hydrogens (tertiary/aromatic N) is 4. The molecule has 314 valence electrons. The van der Waals surface area contributed by atoms with Gasteiger partial charge in [-0.1, -0.05) is 116 Å². The Balaban J connectivity index is 1.22. The number of aliphatic hydroxyl groups excluding tert-OH is 2. The van der Waals surface area contributed by atoms with Crippen molar-refractivity contribution in [2.45, 2.75) is 159 Å². The molecule has 2 aromatic heterocycles. The number of unbranched alkanes of at least 4 members (excludes halogenated alkanes) is 16. The van der Waals surface area contributed by atoms with Gasteiger partial charge in [-0.3, -0.25) is 0 Å². The van der Waals surface area contributed by atoms with E-state index in [0.717, 1.165) is 25.3 Å². The average molecular weight is 830 g/mol. The molecular weight excluding hydrogens is 767 g/mol. The Morgan fingerprint density at radius 1 is 0.930 bits per heavy atom. The van der Waals surface area contributed by atoms with Gasteiger partial charge in [0.2, 0.25) is 5.60 Å². The van der Waals surface area contributed by atoms with Gasteiger partial charge in [0.25, 0.3) is 7.23 Å². The quantitative estimate of drug-likeness (QED) is 0.0403. The molecule has 0 amide bonds. The predicted molar refractivity (Wildman–Crippen MR) is 222 cm³/mol. The number of benzene rings is 1. The van der Waals surface area contributed by atoms with Crippen LogP contribution in [0.15, 0.2) is 42.6 Å². The third kappa shape index (κ3) is 14.4. The minimum atomic E-state index is -3.71. The van der Waals surface area contributed by atoms with Crippen LogP contribution in [-0.2, 0) is 30.7 Å². The van der Waals surface area contributed by atoms with Gasteiger partial charge < -0.3 is 39.4 Å². The summed E-state index contributed by atoms with van der Waals surface area (Å²) in [6.07, 6.45) is 18.6. The van der Waals surface area contributed by atoms with Crippen molar-refractivity contribution in [3.8, 4) is 12.1 Å². The SMILES string of the molecule is CCCCCCCCCCCCCCCCCCC[C@H](COP(O)(=P)OC[C@H]1O[C@@](C#N)(c2ccc3c(N)ccnn23)[C@H](O)[C@@H]1O)OCc1cc(F)cc(C#N)c1. The van der Waals surface area contributed by atoms with E-state index in [1.165, 1.54) is 107 Å². The fraction of sp³-hybridized carbons (Fsp3) is 0.643. The molecule has 0 radical (unpaired) electrons. The molecule has 0 bridgehead atoms. The van der Waals surface area contributed by atoms with Crippen LogP contribution in [0, 0.1) is 28.5 Å². The second-order valence-electron chi connectivity index (χ2n) is 15.2. The molecule has 0 saturated carbocycles. The van der Waals surface area contributed by atoms with Gasteiger partial charge in [0, 0.05) is 6.20 Å². The first kappa shape index (κ1) is 46.8. The molecule has 1 unspecified atom stereocenters. The fourth-order valence-electron chi connectivity index (χ4n) is 7.35. The lowest BCUT2D eigenvalue weighted by Gasteiger charge is -2.25. The number of anilines is 1. The normalized spacial score (nSPS) is 21.0. The summed E-state index contributed by atoms with van der Waals surface area (Å²) in [5, 5.41) is 45.7. The van der Waals surface area contributed by atoms with Crippen LogP contribution in [0.3, 0.4) is 0 Å². The molecule has 0 spiro atoms. The van der Waals surface area contributed by atoms with Gasteiger partial charge in [0.15, 0.2) is 0 Å². The first-order valence-corrected chi connectivity index (χ1v) is 23.6. The Bertz CT molecular complexity index is 1800. The second kappa shape index (κ2) is 24.2. The maximum absolute atomic E-state index is 14.1. The van der Waals surface area contributed by atoms with E-state index in [2.05, 4.69) is 20.5 Å². The molecule has 1 aromatic carbocycles. The highest BCUT2D eigenvalue weighted by atomic mass is 31.8. The molecule has 1 aliphatic rings. The van der Waals surface area contributed by atoms with Crippen LogP contribution in [0.2, 0.25) is 0 Å². The number of nitriles is 2. The molecule has 0 aliphatic carbocycles. The van der Waals surface area contributed by atoms with Crippen LogP contribution in [-0.4, -0.2) is 62.4 Å². The Kier molecular flexibility index (Phi) is 19.9. The van der Waals surface area contributed by atoms with E-state index in [1.54, 1.807) is 24.3 Å². The van der Waals surface area contributed by atoms with E-state index < -0.39 is 49.7 Å². The summed E-state index contributed by atoms with van der Waals surface area (Å²) < 4.78 is 39.0. The van der Waals surface area contributed by atoms with Gasteiger partial charge in [0.1, 0.15) is 30.2 Å². The summed E-state index contributed by atoms with van der Waals surface area (Å²) in [7, 11) is -0.503. The maximum atomic E-state index is 14.1. The molecule has 1 aliphatic heterocycles. The van der Waals surface area contributed by atoms with Gasteiger partial charge in [0.05, 0.1) is 54.5 Å². The average Bonchev–Trinajstić information content (AvgIpc) is 3.75. The topological polar surface area (TPSA) is 189 Å². The highest BCUT2D eigenvalue weighted by Gasteiger charge is 2.57. The lowest BCUT2D eigenvalue weighted by molar-refractivity contribution is -0.0637. The Hall–Kier alpha value is -2.93. The molecule has 3 aromatic rings. The van der Waals surface area contributed by atoms with E-state index in [9.17, 15) is 30.0 Å². The first-order valence-electron chi connectivity index (χ1n) is 20.7. The molecule has 57 heavy (non-hydrogen) atoms. The summed E-state index contributed by atoms with van der Waals surface area (Å²) in [6, 6.07) is 12.8. The largest absolute Gasteiger partial charge is 0.397 e. The lowest BCUT2D eigenvalue weighted by Crippen LogP contribution is -2.41. The summed E-state index contributed by atoms with van der Waals surface area (Å²) >= 11 is 0. The van der Waals surface area contributed by atoms with Crippen molar-refractivity contribution in [2.75, 3.05) is 18.9 Å². The van der Waals surface area contributed by atoms with Crippen LogP contribution in [0.4, 0.5) is 10.1 Å². The number of rotatable bonds is 28. The summed E-state index contributed by atoms with van der Waals surface area (Å²) in [5.41, 5.74) is 5.80. The fourth-order valence-corrected chi connectivity index (χ4v) is 8.59. The number of nitrogen functional groups attached to an aromatic ring is 1. The Morgan fingerprint density at radius 3 is 2.14 bits per heavy atom. The molecule has 6 atom stereocenters. The van der Waals surface area contributed by atoms with Gasteiger partial charge >= 0.3 is 0 Å². The van der Waals surface area contributed by atoms with Crippen LogP contribution in [0.5, 0.6) is 0 Å². The molecule has 5 N–H and O–H groups in total. The van der Waals surface area contributed by atoms with Crippen molar-refractivity contribution in [3.63, 3.8) is 0 Å². The summed E-state index contributed by atoms with van der Waals surface area (Å²) in [5.74, 6) is -0.533. The van der Waals surface area contributed by atoms with Gasteiger partial charge in [-0.2, -0.15) is 15.6 Å². The Morgan fingerprint density at radius 2 is 1.54 bits per heavy atom. The molecule has 1 fully saturated rings. The van der Waals surface area contributed by atoms with Crippen LogP contribution < -0.4 is 5.73 Å². The Labute approximate surface area is 339 Å². The zero-order chi connectivity index (χ0) is 41.1. The van der Waals surface area contributed by atoms with Crippen molar-refractivity contribution < 1.29 is 38.0 Å². The zero-order valence-electron chi connectivity index (χ0n) is 33.4. The predicted octanol–water partition coefficient (Wildman–Crippen LogP) is 9.24. The number of ether oxygens (including phenoxy) is 2.